The molecule has 0 bridgehead atoms. The van der Waals surface area contributed by atoms with Crippen LogP contribution in [0.3, 0.4) is 0 Å². The average Bonchev–Trinajstić information content (AvgIpc) is 2.68. The fourth-order valence-corrected chi connectivity index (χ4v) is 3.28. The molecule has 0 fully saturated rings. The average molecular weight is 374 g/mol. The van der Waals surface area contributed by atoms with Gasteiger partial charge >= 0.3 is 5.97 Å². The number of halogens is 1. The molecule has 2 rings (SSSR count). The summed E-state index contributed by atoms with van der Waals surface area (Å²) in [5, 5.41) is 0. The van der Waals surface area contributed by atoms with Gasteiger partial charge in [0.1, 0.15) is 17.3 Å². The van der Waals surface area contributed by atoms with Crippen molar-refractivity contribution in [3.63, 3.8) is 0 Å². The van der Waals surface area contributed by atoms with Crippen LogP contribution in [0.4, 0.5) is 4.39 Å². The van der Waals surface area contributed by atoms with Gasteiger partial charge in [-0.15, -0.1) is 0 Å². The largest absolute Gasteiger partial charge is 0.497 e. The van der Waals surface area contributed by atoms with Gasteiger partial charge in [-0.1, -0.05) is 25.1 Å². The number of ether oxygens (including phenoxy) is 3. The summed E-state index contributed by atoms with van der Waals surface area (Å²) in [4.78, 5) is 12.5. The van der Waals surface area contributed by atoms with E-state index in [1.807, 2.05) is 31.2 Å². The van der Waals surface area contributed by atoms with E-state index in [4.69, 9.17) is 14.2 Å². The van der Waals surface area contributed by atoms with Gasteiger partial charge in [-0.3, -0.25) is 4.79 Å². The zero-order chi connectivity index (χ0) is 19.8. The number of methoxy groups -OCH3 is 2. The van der Waals surface area contributed by atoms with E-state index < -0.39 is 5.92 Å². The number of carbonyl (C=O) groups excluding carboxylic acids is 1. The molecule has 4 nitrogen and oxygen atoms in total. The molecular weight excluding hydrogens is 347 g/mol. The minimum atomic E-state index is -0.435. The van der Waals surface area contributed by atoms with Crippen LogP contribution >= 0.6 is 0 Å². The molecule has 0 saturated carbocycles. The standard InChI is InChI=1S/C22H27FO4/c1-5-18(22(24)27-6-2)20(13-15-7-9-16(25-3)10-8-15)19-12-11-17(26-4)14-21(19)23/h7-12,14,18,20H,5-6,13H2,1-4H3. The molecule has 2 unspecified atom stereocenters. The highest BCUT2D eigenvalue weighted by atomic mass is 19.1. The summed E-state index contributed by atoms with van der Waals surface area (Å²) < 4.78 is 30.3. The third-order valence-corrected chi connectivity index (χ3v) is 4.74. The van der Waals surface area contributed by atoms with Crippen molar-refractivity contribution < 1.29 is 23.4 Å². The normalized spacial score (nSPS) is 12.9. The third kappa shape index (κ3) is 5.22. The zero-order valence-electron chi connectivity index (χ0n) is 16.3. The monoisotopic (exact) mass is 374 g/mol. The molecular formula is C22H27FO4. The van der Waals surface area contributed by atoms with E-state index >= 15 is 0 Å². The van der Waals surface area contributed by atoms with Crippen LogP contribution in [-0.4, -0.2) is 26.8 Å². The maximum absolute atomic E-state index is 14.8. The van der Waals surface area contributed by atoms with Crippen molar-refractivity contribution in [2.75, 3.05) is 20.8 Å². The van der Waals surface area contributed by atoms with Crippen molar-refractivity contribution in [2.45, 2.75) is 32.6 Å². The molecule has 0 aromatic heterocycles. The molecule has 5 heteroatoms. The van der Waals surface area contributed by atoms with Gasteiger partial charge < -0.3 is 14.2 Å². The Morgan fingerprint density at radius 2 is 1.63 bits per heavy atom. The molecule has 0 aliphatic rings. The number of hydrogen-bond donors (Lipinski definition) is 0. The SMILES string of the molecule is CCOC(=O)C(CC)C(Cc1ccc(OC)cc1)c1ccc(OC)cc1F. The molecule has 2 atom stereocenters. The maximum atomic E-state index is 14.8. The Balaban J connectivity index is 2.41. The first-order valence-corrected chi connectivity index (χ1v) is 9.16. The van der Waals surface area contributed by atoms with Gasteiger partial charge in [-0.25, -0.2) is 4.39 Å². The topological polar surface area (TPSA) is 44.8 Å². The lowest BCUT2D eigenvalue weighted by atomic mass is 9.80. The molecule has 0 aliphatic carbocycles. The number of esters is 1. The second-order valence-corrected chi connectivity index (χ2v) is 6.31. The van der Waals surface area contributed by atoms with Crippen molar-refractivity contribution in [2.24, 2.45) is 5.92 Å². The first-order chi connectivity index (χ1) is 13.0. The molecule has 0 radical (unpaired) electrons. The summed E-state index contributed by atoms with van der Waals surface area (Å²) in [5.74, 6) is -0.250. The summed E-state index contributed by atoms with van der Waals surface area (Å²) in [6.45, 7) is 4.00. The quantitative estimate of drug-likeness (QED) is 0.594. The molecule has 0 saturated heterocycles. The predicted molar refractivity (Wildman–Crippen MR) is 103 cm³/mol. The van der Waals surface area contributed by atoms with Crippen LogP contribution in [0.15, 0.2) is 42.5 Å². The Bertz CT molecular complexity index is 742. The van der Waals surface area contributed by atoms with E-state index in [1.165, 1.54) is 13.2 Å². The van der Waals surface area contributed by atoms with Crippen molar-refractivity contribution in [3.8, 4) is 11.5 Å². The third-order valence-electron chi connectivity index (χ3n) is 4.74. The fraction of sp³-hybridized carbons (Fsp3) is 0.409. The van der Waals surface area contributed by atoms with Crippen LogP contribution in [0.1, 0.15) is 37.3 Å². The maximum Gasteiger partial charge on any atom is 0.309 e. The van der Waals surface area contributed by atoms with Crippen molar-refractivity contribution in [3.05, 3.63) is 59.4 Å². The van der Waals surface area contributed by atoms with Crippen molar-refractivity contribution >= 4 is 5.97 Å². The lowest BCUT2D eigenvalue weighted by Gasteiger charge is -2.26. The molecule has 0 heterocycles. The highest BCUT2D eigenvalue weighted by molar-refractivity contribution is 5.73. The second kappa shape index (κ2) is 9.95. The van der Waals surface area contributed by atoms with Gasteiger partial charge in [0.15, 0.2) is 0 Å². The molecule has 2 aromatic carbocycles. The predicted octanol–water partition coefficient (Wildman–Crippen LogP) is 4.76. The van der Waals surface area contributed by atoms with Crippen molar-refractivity contribution in [1.29, 1.82) is 0 Å². The van der Waals surface area contributed by atoms with Crippen LogP contribution in [0.2, 0.25) is 0 Å². The molecule has 27 heavy (non-hydrogen) atoms. The van der Waals surface area contributed by atoms with E-state index in [9.17, 15) is 9.18 Å². The van der Waals surface area contributed by atoms with E-state index in [2.05, 4.69) is 0 Å². The highest BCUT2D eigenvalue weighted by Crippen LogP contribution is 2.35. The summed E-state index contributed by atoms with van der Waals surface area (Å²) in [6.07, 6.45) is 1.08. The minimum absolute atomic E-state index is 0.297. The number of carbonyl (C=O) groups is 1. The Labute approximate surface area is 160 Å². The number of benzene rings is 2. The zero-order valence-corrected chi connectivity index (χ0v) is 16.3. The summed E-state index contributed by atoms with van der Waals surface area (Å²) in [7, 11) is 3.11. The van der Waals surface area contributed by atoms with E-state index in [0.29, 0.717) is 30.8 Å². The first-order valence-electron chi connectivity index (χ1n) is 9.16. The summed E-state index contributed by atoms with van der Waals surface area (Å²) in [5.41, 5.74) is 1.49. The molecule has 2 aromatic rings. The van der Waals surface area contributed by atoms with E-state index in [1.54, 1.807) is 26.2 Å². The smallest absolute Gasteiger partial charge is 0.309 e. The Hall–Kier alpha value is -2.56. The lowest BCUT2D eigenvalue weighted by molar-refractivity contribution is -0.149. The Kier molecular flexibility index (Phi) is 7.65. The van der Waals surface area contributed by atoms with Crippen LogP contribution in [-0.2, 0) is 16.0 Å². The van der Waals surface area contributed by atoms with Crippen LogP contribution in [0, 0.1) is 11.7 Å². The van der Waals surface area contributed by atoms with E-state index in [-0.39, 0.29) is 17.7 Å². The van der Waals surface area contributed by atoms with Crippen molar-refractivity contribution in [1.82, 2.24) is 0 Å². The molecule has 0 aliphatic heterocycles. The van der Waals surface area contributed by atoms with Gasteiger partial charge in [0.25, 0.3) is 0 Å². The van der Waals surface area contributed by atoms with Crippen LogP contribution < -0.4 is 9.47 Å². The van der Waals surface area contributed by atoms with Gasteiger partial charge in [0, 0.05) is 12.0 Å². The van der Waals surface area contributed by atoms with Crippen LogP contribution in [0.25, 0.3) is 0 Å². The fourth-order valence-electron chi connectivity index (χ4n) is 3.28. The lowest BCUT2D eigenvalue weighted by Crippen LogP contribution is -2.26. The van der Waals surface area contributed by atoms with Gasteiger partial charge in [-0.05, 0) is 49.1 Å². The molecule has 146 valence electrons. The summed E-state index contributed by atoms with van der Waals surface area (Å²) in [6, 6.07) is 12.4. The van der Waals surface area contributed by atoms with Gasteiger partial charge in [0.2, 0.25) is 0 Å². The Morgan fingerprint density at radius 3 is 2.15 bits per heavy atom. The summed E-state index contributed by atoms with van der Waals surface area (Å²) >= 11 is 0. The van der Waals surface area contributed by atoms with Crippen LogP contribution in [0.5, 0.6) is 11.5 Å². The van der Waals surface area contributed by atoms with E-state index in [0.717, 1.165) is 11.3 Å². The minimum Gasteiger partial charge on any atom is -0.497 e. The Morgan fingerprint density at radius 1 is 1.00 bits per heavy atom. The number of hydrogen-bond acceptors (Lipinski definition) is 4. The van der Waals surface area contributed by atoms with Gasteiger partial charge in [-0.2, -0.15) is 0 Å². The first kappa shape index (κ1) is 20.7. The highest BCUT2D eigenvalue weighted by Gasteiger charge is 2.31. The molecule has 0 amide bonds. The van der Waals surface area contributed by atoms with Gasteiger partial charge in [0.05, 0.1) is 26.7 Å². The molecule has 0 N–H and O–H groups in total. The second-order valence-electron chi connectivity index (χ2n) is 6.31. The number of rotatable bonds is 9. The molecule has 0 spiro atoms.